The number of thiophene rings is 1. The lowest BCUT2D eigenvalue weighted by Crippen LogP contribution is -2.31. The average Bonchev–Trinajstić information content (AvgIpc) is 2.87. The van der Waals surface area contributed by atoms with Gasteiger partial charge in [-0.25, -0.2) is 0 Å². The molecule has 0 aromatic carbocycles. The van der Waals surface area contributed by atoms with Gasteiger partial charge < -0.3 is 10.1 Å². The molecular weight excluding hydrogens is 198 g/mol. The van der Waals surface area contributed by atoms with E-state index in [2.05, 4.69) is 5.32 Å². The summed E-state index contributed by atoms with van der Waals surface area (Å²) in [5, 5.41) is 4.78. The van der Waals surface area contributed by atoms with Gasteiger partial charge >= 0.3 is 0 Å². The average molecular weight is 211 g/mol. The van der Waals surface area contributed by atoms with Crippen molar-refractivity contribution in [2.45, 2.75) is 18.9 Å². The molecule has 76 valence electrons. The number of ether oxygens (including phenoxy) is 1. The standard InChI is InChI=1S/C10H13NO2S/c12-10(9-4-2-6-14-9)11-7-8-3-1-5-13-8/h2,4,6,8H,1,3,5,7H2,(H,11,12)/t8-/m0/s1. The second-order valence-electron chi connectivity index (χ2n) is 3.32. The summed E-state index contributed by atoms with van der Waals surface area (Å²) in [5.41, 5.74) is 0. The molecule has 0 bridgehead atoms. The summed E-state index contributed by atoms with van der Waals surface area (Å²) in [6.07, 6.45) is 2.39. The highest BCUT2D eigenvalue weighted by Gasteiger charge is 2.16. The van der Waals surface area contributed by atoms with Crippen LogP contribution in [0.2, 0.25) is 0 Å². The SMILES string of the molecule is O=C(NC[C@@H]1CCCO1)c1cccs1. The molecule has 0 saturated carbocycles. The minimum Gasteiger partial charge on any atom is -0.376 e. The number of rotatable bonds is 3. The molecule has 0 aliphatic carbocycles. The second-order valence-corrected chi connectivity index (χ2v) is 4.27. The van der Waals surface area contributed by atoms with Crippen LogP contribution in [0.3, 0.4) is 0 Å². The number of nitrogens with one attached hydrogen (secondary N) is 1. The molecule has 1 fully saturated rings. The van der Waals surface area contributed by atoms with Gasteiger partial charge in [-0.3, -0.25) is 4.79 Å². The van der Waals surface area contributed by atoms with Crippen molar-refractivity contribution in [1.82, 2.24) is 5.32 Å². The fourth-order valence-electron chi connectivity index (χ4n) is 1.51. The van der Waals surface area contributed by atoms with Crippen molar-refractivity contribution >= 4 is 17.2 Å². The number of amides is 1. The maximum Gasteiger partial charge on any atom is 0.261 e. The molecule has 3 nitrogen and oxygen atoms in total. The third-order valence-corrected chi connectivity index (χ3v) is 3.13. The van der Waals surface area contributed by atoms with Gasteiger partial charge in [0.1, 0.15) is 0 Å². The van der Waals surface area contributed by atoms with Gasteiger partial charge in [-0.1, -0.05) is 6.07 Å². The van der Waals surface area contributed by atoms with Crippen LogP contribution < -0.4 is 5.32 Å². The first-order valence-electron chi connectivity index (χ1n) is 4.79. The Bertz CT molecular complexity index is 291. The molecule has 14 heavy (non-hydrogen) atoms. The Morgan fingerprint density at radius 3 is 3.29 bits per heavy atom. The third kappa shape index (κ3) is 2.33. The van der Waals surface area contributed by atoms with Gasteiger partial charge in [-0.15, -0.1) is 11.3 Å². The Morgan fingerprint density at radius 1 is 1.71 bits per heavy atom. The van der Waals surface area contributed by atoms with Crippen LogP contribution >= 0.6 is 11.3 Å². The zero-order chi connectivity index (χ0) is 9.80. The fourth-order valence-corrected chi connectivity index (χ4v) is 2.15. The van der Waals surface area contributed by atoms with Gasteiger partial charge in [0.25, 0.3) is 5.91 Å². The van der Waals surface area contributed by atoms with Gasteiger partial charge in [0.05, 0.1) is 11.0 Å². The van der Waals surface area contributed by atoms with E-state index in [1.807, 2.05) is 17.5 Å². The summed E-state index contributed by atoms with van der Waals surface area (Å²) in [6, 6.07) is 3.71. The van der Waals surface area contributed by atoms with Crippen molar-refractivity contribution in [3.63, 3.8) is 0 Å². The fraction of sp³-hybridized carbons (Fsp3) is 0.500. The van der Waals surface area contributed by atoms with Crippen molar-refractivity contribution in [1.29, 1.82) is 0 Å². The van der Waals surface area contributed by atoms with E-state index in [-0.39, 0.29) is 12.0 Å². The molecular formula is C10H13NO2S. The monoisotopic (exact) mass is 211 g/mol. The highest BCUT2D eigenvalue weighted by molar-refractivity contribution is 7.12. The smallest absolute Gasteiger partial charge is 0.261 e. The summed E-state index contributed by atoms with van der Waals surface area (Å²) < 4.78 is 5.41. The van der Waals surface area contributed by atoms with Crippen LogP contribution in [0.1, 0.15) is 22.5 Å². The van der Waals surface area contributed by atoms with E-state index in [0.29, 0.717) is 6.54 Å². The first-order chi connectivity index (χ1) is 6.86. The summed E-state index contributed by atoms with van der Waals surface area (Å²) >= 11 is 1.46. The van der Waals surface area contributed by atoms with Crippen LogP contribution in [-0.2, 0) is 4.74 Å². The number of carbonyl (C=O) groups excluding carboxylic acids is 1. The molecule has 1 N–H and O–H groups in total. The van der Waals surface area contributed by atoms with Crippen LogP contribution in [0.5, 0.6) is 0 Å². The molecule has 1 aliphatic rings. The molecule has 1 atom stereocenters. The number of hydrogen-bond acceptors (Lipinski definition) is 3. The van der Waals surface area contributed by atoms with Gasteiger partial charge in [0.15, 0.2) is 0 Å². The topological polar surface area (TPSA) is 38.3 Å². The number of carbonyl (C=O) groups is 1. The van der Waals surface area contributed by atoms with E-state index in [1.54, 1.807) is 0 Å². The summed E-state index contributed by atoms with van der Waals surface area (Å²) in [4.78, 5) is 12.3. The maximum absolute atomic E-state index is 11.5. The van der Waals surface area contributed by atoms with Crippen molar-refractivity contribution in [2.24, 2.45) is 0 Å². The minimum absolute atomic E-state index is 0.00972. The van der Waals surface area contributed by atoms with Gasteiger partial charge in [0, 0.05) is 13.2 Å². The van der Waals surface area contributed by atoms with E-state index in [9.17, 15) is 4.79 Å². The molecule has 1 amide bonds. The molecule has 0 unspecified atom stereocenters. The van der Waals surface area contributed by atoms with E-state index in [4.69, 9.17) is 4.74 Å². The summed E-state index contributed by atoms with van der Waals surface area (Å²) in [7, 11) is 0. The molecule has 4 heteroatoms. The molecule has 0 spiro atoms. The molecule has 1 aromatic rings. The molecule has 0 radical (unpaired) electrons. The summed E-state index contributed by atoms with van der Waals surface area (Å²) in [5.74, 6) is 0.00972. The first-order valence-corrected chi connectivity index (χ1v) is 5.67. The third-order valence-electron chi connectivity index (χ3n) is 2.26. The largest absolute Gasteiger partial charge is 0.376 e. The maximum atomic E-state index is 11.5. The normalized spacial score (nSPS) is 21.0. The van der Waals surface area contributed by atoms with Gasteiger partial charge in [-0.2, -0.15) is 0 Å². The van der Waals surface area contributed by atoms with Gasteiger partial charge in [0.2, 0.25) is 0 Å². The van der Waals surface area contributed by atoms with Crippen molar-refractivity contribution in [3.05, 3.63) is 22.4 Å². The second kappa shape index (κ2) is 4.57. The molecule has 1 aliphatic heterocycles. The summed E-state index contributed by atoms with van der Waals surface area (Å²) in [6.45, 7) is 1.47. The zero-order valence-electron chi connectivity index (χ0n) is 7.86. The first kappa shape index (κ1) is 9.68. The van der Waals surface area contributed by atoms with Crippen LogP contribution in [0.25, 0.3) is 0 Å². The molecule has 1 aromatic heterocycles. The van der Waals surface area contributed by atoms with Crippen LogP contribution in [0, 0.1) is 0 Å². The predicted molar refractivity (Wildman–Crippen MR) is 55.6 cm³/mol. The Kier molecular flexibility index (Phi) is 3.16. The predicted octanol–water partition coefficient (Wildman–Crippen LogP) is 1.66. The molecule has 1 saturated heterocycles. The molecule has 2 rings (SSSR count). The zero-order valence-corrected chi connectivity index (χ0v) is 8.68. The van der Waals surface area contributed by atoms with Crippen LogP contribution in [-0.4, -0.2) is 25.2 Å². The van der Waals surface area contributed by atoms with Gasteiger partial charge in [-0.05, 0) is 24.3 Å². The lowest BCUT2D eigenvalue weighted by Gasteiger charge is -2.09. The van der Waals surface area contributed by atoms with E-state index in [1.165, 1.54) is 11.3 Å². The lowest BCUT2D eigenvalue weighted by molar-refractivity contribution is 0.0861. The number of hydrogen-bond donors (Lipinski definition) is 1. The van der Waals surface area contributed by atoms with Crippen molar-refractivity contribution < 1.29 is 9.53 Å². The van der Waals surface area contributed by atoms with Crippen molar-refractivity contribution in [3.8, 4) is 0 Å². The highest BCUT2D eigenvalue weighted by atomic mass is 32.1. The Morgan fingerprint density at radius 2 is 2.64 bits per heavy atom. The van der Waals surface area contributed by atoms with Crippen LogP contribution in [0.15, 0.2) is 17.5 Å². The van der Waals surface area contributed by atoms with E-state index >= 15 is 0 Å². The lowest BCUT2D eigenvalue weighted by atomic mass is 10.2. The highest BCUT2D eigenvalue weighted by Crippen LogP contribution is 2.12. The Labute approximate surface area is 87.1 Å². The van der Waals surface area contributed by atoms with E-state index in [0.717, 1.165) is 24.3 Å². The Hall–Kier alpha value is -0.870. The van der Waals surface area contributed by atoms with Crippen molar-refractivity contribution in [2.75, 3.05) is 13.2 Å². The Balaban J connectivity index is 1.78. The quantitative estimate of drug-likeness (QED) is 0.825. The molecule has 2 heterocycles. The van der Waals surface area contributed by atoms with Crippen LogP contribution in [0.4, 0.5) is 0 Å². The minimum atomic E-state index is 0.00972. The van der Waals surface area contributed by atoms with E-state index < -0.39 is 0 Å².